The number of carbonyl (C=O) groups is 1. The second-order valence-corrected chi connectivity index (χ2v) is 7.21. The molecule has 8 heteroatoms. The number of carbonyl (C=O) groups excluding carboxylic acids is 1. The summed E-state index contributed by atoms with van der Waals surface area (Å²) in [6.45, 7) is 1.74. The van der Waals surface area contributed by atoms with Crippen LogP contribution in [0.5, 0.6) is 0 Å². The van der Waals surface area contributed by atoms with Crippen molar-refractivity contribution in [1.82, 2.24) is 20.2 Å². The van der Waals surface area contributed by atoms with Gasteiger partial charge in [0.25, 0.3) is 0 Å². The highest BCUT2D eigenvalue weighted by Crippen LogP contribution is 2.48. The van der Waals surface area contributed by atoms with Gasteiger partial charge in [-0.05, 0) is 65.6 Å². The molecule has 0 spiro atoms. The van der Waals surface area contributed by atoms with Gasteiger partial charge < -0.3 is 5.32 Å². The monoisotopic (exact) mass is 415 g/mol. The molecule has 0 radical (unpaired) electrons. The maximum absolute atomic E-state index is 14.1. The fourth-order valence-electron chi connectivity index (χ4n) is 3.03. The molecule has 3 aromatic rings. The number of halogens is 2. The Kier molecular flexibility index (Phi) is 4.28. The first-order valence-electron chi connectivity index (χ1n) is 8.14. The molecule has 2 unspecified atom stereocenters. The third kappa shape index (κ3) is 3.24. The molecule has 4 rings (SSSR count). The number of aromatic nitrogens is 4. The van der Waals surface area contributed by atoms with E-state index in [4.69, 9.17) is 0 Å². The van der Waals surface area contributed by atoms with Crippen LogP contribution >= 0.6 is 15.9 Å². The Morgan fingerprint density at radius 1 is 1.31 bits per heavy atom. The van der Waals surface area contributed by atoms with E-state index in [0.717, 1.165) is 16.5 Å². The lowest BCUT2D eigenvalue weighted by Gasteiger charge is -2.09. The van der Waals surface area contributed by atoms with E-state index in [9.17, 15) is 9.18 Å². The molecule has 1 aromatic heterocycles. The summed E-state index contributed by atoms with van der Waals surface area (Å²) in [5.74, 6) is -0.0830. The molecule has 132 valence electrons. The van der Waals surface area contributed by atoms with E-state index in [1.807, 2.05) is 24.3 Å². The van der Waals surface area contributed by atoms with E-state index in [1.54, 1.807) is 13.0 Å². The molecular weight excluding hydrogens is 401 g/mol. The highest BCUT2D eigenvalue weighted by Gasteiger charge is 2.44. The van der Waals surface area contributed by atoms with Crippen LogP contribution in [0.4, 0.5) is 10.1 Å². The predicted octanol–water partition coefficient (Wildman–Crippen LogP) is 3.61. The number of tetrazole rings is 1. The molecule has 0 aliphatic heterocycles. The van der Waals surface area contributed by atoms with Crippen molar-refractivity contribution in [1.29, 1.82) is 0 Å². The van der Waals surface area contributed by atoms with Gasteiger partial charge >= 0.3 is 0 Å². The summed E-state index contributed by atoms with van der Waals surface area (Å²) >= 11 is 3.44. The van der Waals surface area contributed by atoms with Gasteiger partial charge in [0.2, 0.25) is 5.91 Å². The van der Waals surface area contributed by atoms with Crippen molar-refractivity contribution in [3.8, 4) is 5.69 Å². The third-order valence-corrected chi connectivity index (χ3v) is 4.98. The number of aryl methyl sites for hydroxylation is 1. The molecule has 1 heterocycles. The van der Waals surface area contributed by atoms with E-state index in [1.165, 1.54) is 16.8 Å². The van der Waals surface area contributed by atoms with Gasteiger partial charge in [-0.3, -0.25) is 4.79 Å². The number of nitrogens with one attached hydrogen (secondary N) is 1. The van der Waals surface area contributed by atoms with Crippen LogP contribution in [0.3, 0.4) is 0 Å². The van der Waals surface area contributed by atoms with Gasteiger partial charge in [-0.15, -0.1) is 5.10 Å². The molecule has 1 N–H and O–H groups in total. The van der Waals surface area contributed by atoms with Gasteiger partial charge in [0.15, 0.2) is 5.82 Å². The predicted molar refractivity (Wildman–Crippen MR) is 97.5 cm³/mol. The normalized spacial score (nSPS) is 18.6. The average molecular weight is 416 g/mol. The van der Waals surface area contributed by atoms with Crippen LogP contribution in [0, 0.1) is 18.7 Å². The maximum Gasteiger partial charge on any atom is 0.228 e. The molecule has 6 nitrogen and oxygen atoms in total. The fourth-order valence-corrected chi connectivity index (χ4v) is 3.44. The molecule has 2 atom stereocenters. The quantitative estimate of drug-likeness (QED) is 0.706. The molecule has 0 bridgehead atoms. The minimum Gasteiger partial charge on any atom is -0.323 e. The van der Waals surface area contributed by atoms with Crippen molar-refractivity contribution < 1.29 is 9.18 Å². The van der Waals surface area contributed by atoms with Gasteiger partial charge in [0.05, 0.1) is 11.4 Å². The Bertz CT molecular complexity index is 989. The number of anilines is 1. The van der Waals surface area contributed by atoms with Crippen molar-refractivity contribution in [2.24, 2.45) is 5.92 Å². The lowest BCUT2D eigenvalue weighted by atomic mass is 10.1. The second-order valence-electron chi connectivity index (χ2n) is 6.29. The molecule has 0 saturated heterocycles. The van der Waals surface area contributed by atoms with Gasteiger partial charge in [-0.1, -0.05) is 28.1 Å². The summed E-state index contributed by atoms with van der Waals surface area (Å²) in [5.41, 5.74) is 1.82. The van der Waals surface area contributed by atoms with E-state index in [2.05, 4.69) is 36.8 Å². The largest absolute Gasteiger partial charge is 0.323 e. The molecule has 1 aliphatic carbocycles. The minimum absolute atomic E-state index is 0.127. The molecule has 1 aliphatic rings. The number of nitrogens with zero attached hydrogens (tertiary/aromatic N) is 4. The molecule has 2 aromatic carbocycles. The number of hydrogen-bond acceptors (Lipinski definition) is 4. The fraction of sp³-hybridized carbons (Fsp3) is 0.222. The Hall–Kier alpha value is -2.61. The number of amides is 1. The summed E-state index contributed by atoms with van der Waals surface area (Å²) in [5, 5.41) is 13.9. The zero-order chi connectivity index (χ0) is 18.3. The van der Waals surface area contributed by atoms with Crippen molar-refractivity contribution in [3.63, 3.8) is 0 Å². The maximum atomic E-state index is 14.1. The molecule has 1 fully saturated rings. The summed E-state index contributed by atoms with van der Waals surface area (Å²) in [6, 6.07) is 12.3. The topological polar surface area (TPSA) is 72.7 Å². The molecule has 1 amide bonds. The number of benzene rings is 2. The first-order valence-corrected chi connectivity index (χ1v) is 8.93. The van der Waals surface area contributed by atoms with Crippen molar-refractivity contribution in [3.05, 3.63) is 64.1 Å². The summed E-state index contributed by atoms with van der Waals surface area (Å²) in [6.07, 6.45) is 0.760. The van der Waals surface area contributed by atoms with Gasteiger partial charge in [0.1, 0.15) is 5.82 Å². The van der Waals surface area contributed by atoms with Crippen molar-refractivity contribution in [2.45, 2.75) is 19.3 Å². The Balaban J connectivity index is 1.51. The summed E-state index contributed by atoms with van der Waals surface area (Å²) in [7, 11) is 0. The zero-order valence-corrected chi connectivity index (χ0v) is 15.4. The number of rotatable bonds is 4. The Morgan fingerprint density at radius 3 is 2.88 bits per heavy atom. The van der Waals surface area contributed by atoms with E-state index >= 15 is 0 Å². The summed E-state index contributed by atoms with van der Waals surface area (Å²) in [4.78, 5) is 12.5. The molecule has 1 saturated carbocycles. The van der Waals surface area contributed by atoms with Crippen LogP contribution in [0.15, 0.2) is 46.9 Å². The van der Waals surface area contributed by atoms with E-state index < -0.39 is 5.82 Å². The lowest BCUT2D eigenvalue weighted by molar-refractivity contribution is -0.117. The van der Waals surface area contributed by atoms with Gasteiger partial charge in [-0.25, -0.2) is 4.39 Å². The SMILES string of the molecule is Cc1nnnn1-c1ccc(F)c(NC(=O)C2CC2c2cccc(Br)c2)c1. The van der Waals surface area contributed by atoms with Crippen LogP contribution < -0.4 is 5.32 Å². The van der Waals surface area contributed by atoms with Crippen LogP contribution in [0.1, 0.15) is 23.7 Å². The lowest BCUT2D eigenvalue weighted by Crippen LogP contribution is -2.16. The first kappa shape index (κ1) is 16.8. The van der Waals surface area contributed by atoms with Gasteiger partial charge in [-0.2, -0.15) is 4.68 Å². The van der Waals surface area contributed by atoms with Crippen LogP contribution in [0.2, 0.25) is 0 Å². The van der Waals surface area contributed by atoms with Crippen LogP contribution in [-0.4, -0.2) is 26.1 Å². The zero-order valence-electron chi connectivity index (χ0n) is 13.9. The van der Waals surface area contributed by atoms with Crippen molar-refractivity contribution >= 4 is 27.5 Å². The van der Waals surface area contributed by atoms with Crippen LogP contribution in [-0.2, 0) is 4.79 Å². The standard InChI is InChI=1S/C18H15BrFN5O/c1-10-22-23-24-25(10)13-5-6-16(20)17(8-13)21-18(26)15-9-14(15)11-3-2-4-12(19)7-11/h2-8,14-15H,9H2,1H3,(H,21,26). The van der Waals surface area contributed by atoms with Crippen LogP contribution in [0.25, 0.3) is 5.69 Å². The first-order chi connectivity index (χ1) is 12.5. The van der Waals surface area contributed by atoms with E-state index in [-0.39, 0.29) is 23.4 Å². The number of hydrogen-bond donors (Lipinski definition) is 1. The second kappa shape index (κ2) is 6.60. The highest BCUT2D eigenvalue weighted by atomic mass is 79.9. The minimum atomic E-state index is -0.493. The Morgan fingerprint density at radius 2 is 2.15 bits per heavy atom. The average Bonchev–Trinajstić information content (AvgIpc) is 3.32. The molecular formula is C18H15BrFN5O. The third-order valence-electron chi connectivity index (χ3n) is 4.48. The van der Waals surface area contributed by atoms with Gasteiger partial charge in [0, 0.05) is 10.4 Å². The van der Waals surface area contributed by atoms with Crippen molar-refractivity contribution in [2.75, 3.05) is 5.32 Å². The molecule has 26 heavy (non-hydrogen) atoms. The Labute approximate surface area is 157 Å². The van der Waals surface area contributed by atoms with E-state index in [0.29, 0.717) is 11.5 Å². The highest BCUT2D eigenvalue weighted by molar-refractivity contribution is 9.10. The smallest absolute Gasteiger partial charge is 0.228 e. The summed E-state index contributed by atoms with van der Waals surface area (Å²) < 4.78 is 16.6.